The molecule has 1 aromatic carbocycles. The summed E-state index contributed by atoms with van der Waals surface area (Å²) in [6.45, 7) is 1.38. The summed E-state index contributed by atoms with van der Waals surface area (Å²) < 4.78 is 0. The van der Waals surface area contributed by atoms with Crippen molar-refractivity contribution in [1.82, 2.24) is 15.2 Å². The number of hydrogen-bond acceptors (Lipinski definition) is 4. The van der Waals surface area contributed by atoms with Crippen LogP contribution in [0.5, 0.6) is 0 Å². The minimum Gasteiger partial charge on any atom is -0.355 e. The minimum absolute atomic E-state index is 0.0356. The highest BCUT2D eigenvalue weighted by Crippen LogP contribution is 2.28. The monoisotopic (exact) mass is 391 g/mol. The molecular weight excluding hydrogens is 370 g/mol. The molecule has 1 atom stereocenters. The molecule has 0 saturated carbocycles. The predicted octanol–water partition coefficient (Wildman–Crippen LogP) is 3.24. The SMILES string of the molecule is O=C(NCCc1ccccc1)C1CN(C(=O)c2cccs2)Cc2cccnc21. The van der Waals surface area contributed by atoms with E-state index < -0.39 is 5.92 Å². The number of benzene rings is 1. The lowest BCUT2D eigenvalue weighted by atomic mass is 9.93. The number of aromatic nitrogens is 1. The van der Waals surface area contributed by atoms with Crippen LogP contribution in [0.4, 0.5) is 0 Å². The quantitative estimate of drug-likeness (QED) is 0.726. The van der Waals surface area contributed by atoms with E-state index in [1.807, 2.05) is 60.0 Å². The van der Waals surface area contributed by atoms with Gasteiger partial charge in [0.25, 0.3) is 5.91 Å². The third-order valence-electron chi connectivity index (χ3n) is 4.91. The van der Waals surface area contributed by atoms with Crippen molar-refractivity contribution in [2.45, 2.75) is 18.9 Å². The number of amides is 2. The van der Waals surface area contributed by atoms with E-state index in [1.165, 1.54) is 16.9 Å². The predicted molar refractivity (Wildman–Crippen MR) is 109 cm³/mol. The van der Waals surface area contributed by atoms with Gasteiger partial charge in [0.05, 0.1) is 16.5 Å². The van der Waals surface area contributed by atoms with E-state index in [-0.39, 0.29) is 11.8 Å². The molecule has 0 spiro atoms. The Morgan fingerprint density at radius 3 is 2.75 bits per heavy atom. The Kier molecular flexibility index (Phi) is 5.48. The van der Waals surface area contributed by atoms with Gasteiger partial charge in [-0.15, -0.1) is 11.3 Å². The summed E-state index contributed by atoms with van der Waals surface area (Å²) in [5.41, 5.74) is 2.89. The molecule has 2 amide bonds. The van der Waals surface area contributed by atoms with Crippen molar-refractivity contribution in [3.63, 3.8) is 0 Å². The Morgan fingerprint density at radius 2 is 1.96 bits per heavy atom. The Hall–Kier alpha value is -2.99. The van der Waals surface area contributed by atoms with Gasteiger partial charge in [-0.2, -0.15) is 0 Å². The molecule has 0 aliphatic carbocycles. The van der Waals surface area contributed by atoms with E-state index in [4.69, 9.17) is 0 Å². The number of nitrogens with zero attached hydrogens (tertiary/aromatic N) is 2. The highest BCUT2D eigenvalue weighted by atomic mass is 32.1. The van der Waals surface area contributed by atoms with Crippen molar-refractivity contribution < 1.29 is 9.59 Å². The number of rotatable bonds is 5. The average Bonchev–Trinajstić information content (AvgIpc) is 3.28. The fourth-order valence-electron chi connectivity index (χ4n) is 3.49. The van der Waals surface area contributed by atoms with Crippen molar-refractivity contribution in [2.24, 2.45) is 0 Å². The molecule has 1 aliphatic heterocycles. The zero-order valence-electron chi connectivity index (χ0n) is 15.4. The highest BCUT2D eigenvalue weighted by molar-refractivity contribution is 7.12. The molecule has 4 rings (SSSR count). The Bertz CT molecular complexity index is 957. The number of pyridine rings is 1. The van der Waals surface area contributed by atoms with E-state index in [1.54, 1.807) is 11.1 Å². The number of nitrogens with one attached hydrogen (secondary N) is 1. The van der Waals surface area contributed by atoms with E-state index in [2.05, 4.69) is 10.3 Å². The van der Waals surface area contributed by atoms with Gasteiger partial charge in [0.1, 0.15) is 0 Å². The van der Waals surface area contributed by atoms with Crippen LogP contribution in [0.1, 0.15) is 32.4 Å². The Labute approximate surface area is 168 Å². The fourth-order valence-corrected chi connectivity index (χ4v) is 4.18. The third kappa shape index (κ3) is 3.97. The summed E-state index contributed by atoms with van der Waals surface area (Å²) in [6.07, 6.45) is 2.48. The summed E-state index contributed by atoms with van der Waals surface area (Å²) in [5.74, 6) is -0.573. The summed E-state index contributed by atoms with van der Waals surface area (Å²) in [7, 11) is 0. The molecule has 2 aromatic heterocycles. The van der Waals surface area contributed by atoms with Gasteiger partial charge in [-0.1, -0.05) is 42.5 Å². The fraction of sp³-hybridized carbons (Fsp3) is 0.227. The molecule has 3 aromatic rings. The molecular formula is C22H21N3O2S. The summed E-state index contributed by atoms with van der Waals surface area (Å²) >= 11 is 1.42. The lowest BCUT2D eigenvalue weighted by Crippen LogP contribution is -2.44. The average molecular weight is 391 g/mol. The van der Waals surface area contributed by atoms with Gasteiger partial charge in [-0.05, 0) is 35.1 Å². The summed E-state index contributed by atoms with van der Waals surface area (Å²) in [6, 6.07) is 17.5. The lowest BCUT2D eigenvalue weighted by Gasteiger charge is -2.33. The number of fused-ring (bicyclic) bond motifs is 1. The topological polar surface area (TPSA) is 62.3 Å². The van der Waals surface area contributed by atoms with Crippen LogP contribution in [-0.2, 0) is 17.8 Å². The lowest BCUT2D eigenvalue weighted by molar-refractivity contribution is -0.123. The molecule has 0 fully saturated rings. The van der Waals surface area contributed by atoms with Gasteiger partial charge >= 0.3 is 0 Å². The van der Waals surface area contributed by atoms with Gasteiger partial charge < -0.3 is 10.2 Å². The first-order chi connectivity index (χ1) is 13.7. The van der Waals surface area contributed by atoms with Crippen LogP contribution in [0.25, 0.3) is 0 Å². The van der Waals surface area contributed by atoms with E-state index in [0.717, 1.165) is 17.7 Å². The van der Waals surface area contributed by atoms with Crippen LogP contribution in [0, 0.1) is 0 Å². The molecule has 6 heteroatoms. The maximum absolute atomic E-state index is 12.9. The molecule has 28 heavy (non-hydrogen) atoms. The number of carbonyl (C=O) groups is 2. The van der Waals surface area contributed by atoms with Crippen LogP contribution in [0.2, 0.25) is 0 Å². The van der Waals surface area contributed by atoms with Gasteiger partial charge in [-0.25, -0.2) is 0 Å². The second-order valence-corrected chi connectivity index (χ2v) is 7.74. The standard InChI is InChI=1S/C22H21N3O2S/c26-21(24-12-10-16-6-2-1-3-7-16)18-15-25(22(27)19-9-5-13-28-19)14-17-8-4-11-23-20(17)18/h1-9,11,13,18H,10,12,14-15H2,(H,24,26). The molecule has 1 unspecified atom stereocenters. The maximum Gasteiger partial charge on any atom is 0.264 e. The van der Waals surface area contributed by atoms with E-state index >= 15 is 0 Å². The molecule has 0 saturated heterocycles. The van der Waals surface area contributed by atoms with E-state index in [9.17, 15) is 9.59 Å². The van der Waals surface area contributed by atoms with Crippen LogP contribution >= 0.6 is 11.3 Å². The first-order valence-electron chi connectivity index (χ1n) is 9.30. The zero-order chi connectivity index (χ0) is 19.3. The van der Waals surface area contributed by atoms with Crippen LogP contribution < -0.4 is 5.32 Å². The second kappa shape index (κ2) is 8.35. The molecule has 1 N–H and O–H groups in total. The second-order valence-electron chi connectivity index (χ2n) is 6.79. The number of hydrogen-bond donors (Lipinski definition) is 1. The number of carbonyl (C=O) groups excluding carboxylic acids is 2. The smallest absolute Gasteiger partial charge is 0.264 e. The Morgan fingerprint density at radius 1 is 1.11 bits per heavy atom. The highest BCUT2D eigenvalue weighted by Gasteiger charge is 2.34. The zero-order valence-corrected chi connectivity index (χ0v) is 16.2. The largest absolute Gasteiger partial charge is 0.355 e. The molecule has 142 valence electrons. The van der Waals surface area contributed by atoms with Crippen molar-refractivity contribution in [2.75, 3.05) is 13.1 Å². The molecule has 5 nitrogen and oxygen atoms in total. The van der Waals surface area contributed by atoms with Crippen LogP contribution in [0.15, 0.2) is 66.2 Å². The molecule has 1 aliphatic rings. The first kappa shape index (κ1) is 18.4. The third-order valence-corrected chi connectivity index (χ3v) is 5.77. The van der Waals surface area contributed by atoms with Gasteiger partial charge in [-0.3, -0.25) is 14.6 Å². The van der Waals surface area contributed by atoms with Crippen molar-refractivity contribution >= 4 is 23.2 Å². The van der Waals surface area contributed by atoms with Crippen LogP contribution in [0.3, 0.4) is 0 Å². The normalized spacial score (nSPS) is 15.7. The maximum atomic E-state index is 12.9. The van der Waals surface area contributed by atoms with Crippen LogP contribution in [-0.4, -0.2) is 34.8 Å². The molecule has 0 radical (unpaired) electrons. The van der Waals surface area contributed by atoms with Gasteiger partial charge in [0, 0.05) is 25.8 Å². The Balaban J connectivity index is 1.48. The summed E-state index contributed by atoms with van der Waals surface area (Å²) in [5, 5.41) is 4.91. The van der Waals surface area contributed by atoms with Crippen molar-refractivity contribution in [1.29, 1.82) is 0 Å². The molecule has 0 bridgehead atoms. The summed E-state index contributed by atoms with van der Waals surface area (Å²) in [4.78, 5) is 32.6. The van der Waals surface area contributed by atoms with Crippen molar-refractivity contribution in [3.05, 3.63) is 87.9 Å². The molecule has 3 heterocycles. The number of thiophene rings is 1. The van der Waals surface area contributed by atoms with Gasteiger partial charge in [0.2, 0.25) is 5.91 Å². The minimum atomic E-state index is -0.454. The van der Waals surface area contributed by atoms with Gasteiger partial charge in [0.15, 0.2) is 0 Å². The first-order valence-corrected chi connectivity index (χ1v) is 10.2. The van der Waals surface area contributed by atoms with E-state index in [0.29, 0.717) is 24.5 Å². The van der Waals surface area contributed by atoms with Crippen molar-refractivity contribution in [3.8, 4) is 0 Å².